The van der Waals surface area contributed by atoms with Crippen LogP contribution in [0.15, 0.2) is 18.3 Å². The number of hydrogen-bond acceptors (Lipinski definition) is 3. The molecule has 0 fully saturated rings. The van der Waals surface area contributed by atoms with Crippen LogP contribution in [-0.4, -0.2) is 24.2 Å². The summed E-state index contributed by atoms with van der Waals surface area (Å²) < 4.78 is 5.69. The lowest BCUT2D eigenvalue weighted by Gasteiger charge is -2.14. The van der Waals surface area contributed by atoms with E-state index in [9.17, 15) is 0 Å². The molecule has 0 aliphatic heterocycles. The second kappa shape index (κ2) is 6.40. The Balaban J connectivity index is 2.48. The zero-order valence-corrected chi connectivity index (χ0v) is 9.79. The van der Waals surface area contributed by atoms with Gasteiger partial charge in [0, 0.05) is 18.8 Å². The molecule has 0 spiro atoms. The number of rotatable bonds is 6. The monoisotopic (exact) mass is 208 g/mol. The normalized spacial score (nSPS) is 12.5. The van der Waals surface area contributed by atoms with Crippen LogP contribution < -0.4 is 10.1 Å². The van der Waals surface area contributed by atoms with Crippen molar-refractivity contribution in [3.63, 3.8) is 0 Å². The molecule has 1 heterocycles. The average molecular weight is 208 g/mol. The van der Waals surface area contributed by atoms with E-state index in [0.29, 0.717) is 0 Å². The number of pyridine rings is 1. The molecule has 0 saturated heterocycles. The van der Waals surface area contributed by atoms with E-state index in [0.717, 1.165) is 25.4 Å². The molecule has 1 aromatic rings. The van der Waals surface area contributed by atoms with Crippen molar-refractivity contribution in [2.45, 2.75) is 33.3 Å². The standard InChI is InChI=1S/C12H20N2O/c1-4-11-6-7-14-12(8-11)15-10(3)9-13-5-2/h6-8,10,13H,4-5,9H2,1-3H3/t10-/m0/s1. The van der Waals surface area contributed by atoms with Crippen LogP contribution in [0.1, 0.15) is 26.3 Å². The van der Waals surface area contributed by atoms with Gasteiger partial charge in [0.15, 0.2) is 0 Å². The molecular weight excluding hydrogens is 188 g/mol. The summed E-state index contributed by atoms with van der Waals surface area (Å²) in [5.41, 5.74) is 1.26. The predicted octanol–water partition coefficient (Wildman–Crippen LogP) is 2.02. The molecule has 0 unspecified atom stereocenters. The van der Waals surface area contributed by atoms with Crippen molar-refractivity contribution in [2.75, 3.05) is 13.1 Å². The van der Waals surface area contributed by atoms with Gasteiger partial charge in [0.05, 0.1) is 0 Å². The van der Waals surface area contributed by atoms with Gasteiger partial charge in [-0.25, -0.2) is 4.98 Å². The average Bonchev–Trinajstić information content (AvgIpc) is 2.26. The minimum atomic E-state index is 0.157. The lowest BCUT2D eigenvalue weighted by atomic mass is 10.2. The van der Waals surface area contributed by atoms with Gasteiger partial charge in [-0.05, 0) is 31.5 Å². The molecule has 0 radical (unpaired) electrons. The highest BCUT2D eigenvalue weighted by molar-refractivity contribution is 5.20. The third kappa shape index (κ3) is 4.30. The number of hydrogen-bond donors (Lipinski definition) is 1. The fraction of sp³-hybridized carbons (Fsp3) is 0.583. The summed E-state index contributed by atoms with van der Waals surface area (Å²) in [6.07, 6.45) is 2.97. The minimum absolute atomic E-state index is 0.157. The Morgan fingerprint density at radius 1 is 1.47 bits per heavy atom. The molecule has 0 bridgehead atoms. The summed E-state index contributed by atoms with van der Waals surface area (Å²) in [6, 6.07) is 4.02. The molecule has 1 rings (SSSR count). The van der Waals surface area contributed by atoms with Crippen LogP contribution in [-0.2, 0) is 6.42 Å². The van der Waals surface area contributed by atoms with Crippen molar-refractivity contribution in [2.24, 2.45) is 0 Å². The summed E-state index contributed by atoms with van der Waals surface area (Å²) >= 11 is 0. The van der Waals surface area contributed by atoms with Gasteiger partial charge >= 0.3 is 0 Å². The van der Waals surface area contributed by atoms with Gasteiger partial charge in [0.1, 0.15) is 6.10 Å². The van der Waals surface area contributed by atoms with Crippen molar-refractivity contribution < 1.29 is 4.74 Å². The third-order valence-corrected chi connectivity index (χ3v) is 2.21. The summed E-state index contributed by atoms with van der Waals surface area (Å²) in [6.45, 7) is 8.08. The second-order valence-electron chi connectivity index (χ2n) is 3.59. The number of aromatic nitrogens is 1. The molecule has 3 nitrogen and oxygen atoms in total. The molecule has 3 heteroatoms. The van der Waals surface area contributed by atoms with Gasteiger partial charge in [-0.1, -0.05) is 13.8 Å². The summed E-state index contributed by atoms with van der Waals surface area (Å²) in [5, 5.41) is 3.24. The van der Waals surface area contributed by atoms with Crippen molar-refractivity contribution in [3.8, 4) is 5.88 Å². The lowest BCUT2D eigenvalue weighted by Crippen LogP contribution is -2.28. The topological polar surface area (TPSA) is 34.1 Å². The van der Waals surface area contributed by atoms with Gasteiger partial charge in [-0.15, -0.1) is 0 Å². The quantitative estimate of drug-likeness (QED) is 0.776. The Kier molecular flexibility index (Phi) is 5.12. The van der Waals surface area contributed by atoms with E-state index < -0.39 is 0 Å². The van der Waals surface area contributed by atoms with Gasteiger partial charge in [0.25, 0.3) is 0 Å². The van der Waals surface area contributed by atoms with E-state index in [2.05, 4.69) is 24.1 Å². The van der Waals surface area contributed by atoms with Gasteiger partial charge in [0.2, 0.25) is 5.88 Å². The molecule has 0 amide bonds. The maximum atomic E-state index is 5.69. The predicted molar refractivity (Wildman–Crippen MR) is 62.2 cm³/mol. The number of ether oxygens (including phenoxy) is 1. The third-order valence-electron chi connectivity index (χ3n) is 2.21. The molecule has 1 atom stereocenters. The summed E-state index contributed by atoms with van der Waals surface area (Å²) in [7, 11) is 0. The zero-order chi connectivity index (χ0) is 11.1. The molecule has 1 N–H and O–H groups in total. The van der Waals surface area contributed by atoms with E-state index in [4.69, 9.17) is 4.74 Å². The van der Waals surface area contributed by atoms with Crippen LogP contribution in [0, 0.1) is 0 Å². The lowest BCUT2D eigenvalue weighted by molar-refractivity contribution is 0.209. The maximum Gasteiger partial charge on any atom is 0.213 e. The molecule has 0 aliphatic carbocycles. The van der Waals surface area contributed by atoms with E-state index in [1.54, 1.807) is 6.20 Å². The fourth-order valence-corrected chi connectivity index (χ4v) is 1.33. The molecule has 0 aliphatic rings. The van der Waals surface area contributed by atoms with E-state index in [1.807, 2.05) is 19.1 Å². The van der Waals surface area contributed by atoms with Crippen LogP contribution in [0.5, 0.6) is 5.88 Å². The largest absolute Gasteiger partial charge is 0.473 e. The highest BCUT2D eigenvalue weighted by Crippen LogP contribution is 2.11. The molecule has 0 saturated carbocycles. The summed E-state index contributed by atoms with van der Waals surface area (Å²) in [4.78, 5) is 4.19. The minimum Gasteiger partial charge on any atom is -0.473 e. The first-order valence-electron chi connectivity index (χ1n) is 5.58. The molecule has 84 valence electrons. The van der Waals surface area contributed by atoms with E-state index in [-0.39, 0.29) is 6.10 Å². The van der Waals surface area contributed by atoms with E-state index in [1.165, 1.54) is 5.56 Å². The first-order valence-corrected chi connectivity index (χ1v) is 5.58. The maximum absolute atomic E-state index is 5.69. The highest BCUT2D eigenvalue weighted by Gasteiger charge is 2.04. The van der Waals surface area contributed by atoms with Crippen LogP contribution in [0.4, 0.5) is 0 Å². The Labute approximate surface area is 91.9 Å². The van der Waals surface area contributed by atoms with Crippen LogP contribution in [0.3, 0.4) is 0 Å². The molecule has 15 heavy (non-hydrogen) atoms. The molecule has 1 aromatic heterocycles. The number of likely N-dealkylation sites (N-methyl/N-ethyl adjacent to an activating group) is 1. The number of nitrogens with one attached hydrogen (secondary N) is 1. The molecule has 0 aromatic carbocycles. The smallest absolute Gasteiger partial charge is 0.213 e. The Bertz CT molecular complexity index is 289. The van der Waals surface area contributed by atoms with Crippen molar-refractivity contribution in [1.29, 1.82) is 0 Å². The Morgan fingerprint density at radius 2 is 2.27 bits per heavy atom. The van der Waals surface area contributed by atoms with Gasteiger partial charge in [-0.3, -0.25) is 0 Å². The molecular formula is C12H20N2O. The number of aryl methyl sites for hydroxylation is 1. The van der Waals surface area contributed by atoms with Crippen molar-refractivity contribution in [1.82, 2.24) is 10.3 Å². The van der Waals surface area contributed by atoms with Gasteiger partial charge in [-0.2, -0.15) is 0 Å². The van der Waals surface area contributed by atoms with Crippen LogP contribution in [0.2, 0.25) is 0 Å². The first-order chi connectivity index (χ1) is 7.26. The first kappa shape index (κ1) is 12.0. The zero-order valence-electron chi connectivity index (χ0n) is 9.79. The van der Waals surface area contributed by atoms with E-state index >= 15 is 0 Å². The van der Waals surface area contributed by atoms with Crippen LogP contribution in [0.25, 0.3) is 0 Å². The fourth-order valence-electron chi connectivity index (χ4n) is 1.33. The van der Waals surface area contributed by atoms with Gasteiger partial charge < -0.3 is 10.1 Å². The highest BCUT2D eigenvalue weighted by atomic mass is 16.5. The van der Waals surface area contributed by atoms with Crippen molar-refractivity contribution in [3.05, 3.63) is 23.9 Å². The summed E-state index contributed by atoms with van der Waals surface area (Å²) in [5.74, 6) is 0.722. The Morgan fingerprint density at radius 3 is 2.93 bits per heavy atom. The van der Waals surface area contributed by atoms with Crippen LogP contribution >= 0.6 is 0 Å². The second-order valence-corrected chi connectivity index (χ2v) is 3.59. The SMILES string of the molecule is CCNC[C@H](C)Oc1cc(CC)ccn1. The Hall–Kier alpha value is -1.09. The number of nitrogens with zero attached hydrogens (tertiary/aromatic N) is 1. The van der Waals surface area contributed by atoms with Crippen molar-refractivity contribution >= 4 is 0 Å².